The number of hydrogen-bond acceptors (Lipinski definition) is 5. The first kappa shape index (κ1) is 15.0. The van der Waals surface area contributed by atoms with Crippen LogP contribution in [0.2, 0.25) is 0 Å². The molecule has 110 valence electrons. The minimum atomic E-state index is -0.744. The number of aryl methyl sites for hydroxylation is 1. The summed E-state index contributed by atoms with van der Waals surface area (Å²) in [6, 6.07) is 2.04. The number of nitro groups is 1. The molecule has 2 aromatic rings. The molecule has 0 fully saturated rings. The highest BCUT2D eigenvalue weighted by Crippen LogP contribution is 2.20. The fourth-order valence-electron chi connectivity index (χ4n) is 1.78. The van der Waals surface area contributed by atoms with Crippen LogP contribution in [0.4, 0.5) is 10.1 Å². The van der Waals surface area contributed by atoms with Gasteiger partial charge >= 0.3 is 0 Å². The van der Waals surface area contributed by atoms with Crippen LogP contribution in [-0.2, 0) is 6.42 Å². The van der Waals surface area contributed by atoms with Gasteiger partial charge < -0.3 is 5.32 Å². The van der Waals surface area contributed by atoms with Gasteiger partial charge in [0.05, 0.1) is 21.7 Å². The van der Waals surface area contributed by atoms with Crippen LogP contribution in [0.5, 0.6) is 0 Å². The van der Waals surface area contributed by atoms with E-state index in [2.05, 4.69) is 10.3 Å². The van der Waals surface area contributed by atoms with Crippen molar-refractivity contribution in [1.29, 1.82) is 0 Å². The van der Waals surface area contributed by atoms with Crippen LogP contribution in [0.15, 0.2) is 23.0 Å². The number of thiazole rings is 1. The van der Waals surface area contributed by atoms with Gasteiger partial charge in [-0.2, -0.15) is 0 Å². The molecule has 0 aliphatic rings. The van der Waals surface area contributed by atoms with Crippen molar-refractivity contribution in [3.8, 4) is 0 Å². The third-order valence-electron chi connectivity index (χ3n) is 2.84. The topological polar surface area (TPSA) is 85.1 Å². The van der Waals surface area contributed by atoms with E-state index in [4.69, 9.17) is 0 Å². The zero-order valence-corrected chi connectivity index (χ0v) is 11.9. The first-order chi connectivity index (χ1) is 9.99. The van der Waals surface area contributed by atoms with Crippen molar-refractivity contribution < 1.29 is 14.1 Å². The third-order valence-corrected chi connectivity index (χ3v) is 3.48. The number of carbonyl (C=O) groups is 1. The molecule has 1 aromatic carbocycles. The van der Waals surface area contributed by atoms with E-state index in [1.165, 1.54) is 18.3 Å². The van der Waals surface area contributed by atoms with Gasteiger partial charge in [0.25, 0.3) is 11.6 Å². The number of amides is 1. The van der Waals surface area contributed by atoms with Crippen molar-refractivity contribution in [3.63, 3.8) is 0 Å². The Kier molecular flexibility index (Phi) is 4.59. The maximum absolute atomic E-state index is 13.9. The fourth-order valence-corrected chi connectivity index (χ4v) is 2.37. The number of nitro benzene ring substituents is 1. The maximum atomic E-state index is 13.9. The highest BCUT2D eigenvalue weighted by atomic mass is 32.1. The predicted octanol–water partition coefficient (Wildman–Crippen LogP) is 2.47. The standard InChI is InChI=1S/C13H12FN3O3S/c1-8-4-10(17(19)20)5-11(12(8)14)13(18)15-3-2-9-6-21-7-16-9/h4-7H,2-3H2,1H3,(H,15,18). The largest absolute Gasteiger partial charge is 0.352 e. The number of nitrogens with one attached hydrogen (secondary N) is 1. The Morgan fingerprint density at radius 1 is 1.52 bits per heavy atom. The molecule has 0 radical (unpaired) electrons. The first-order valence-corrected chi connectivity index (χ1v) is 7.03. The van der Waals surface area contributed by atoms with E-state index in [9.17, 15) is 19.3 Å². The lowest BCUT2D eigenvalue weighted by Crippen LogP contribution is -2.27. The summed E-state index contributed by atoms with van der Waals surface area (Å²) in [4.78, 5) is 26.1. The van der Waals surface area contributed by atoms with Gasteiger partial charge in [0.2, 0.25) is 0 Å². The van der Waals surface area contributed by atoms with E-state index in [1.807, 2.05) is 5.38 Å². The Balaban J connectivity index is 2.09. The van der Waals surface area contributed by atoms with Crippen LogP contribution in [-0.4, -0.2) is 22.4 Å². The summed E-state index contributed by atoms with van der Waals surface area (Å²) >= 11 is 1.45. The Hall–Kier alpha value is -2.35. The second-order valence-corrected chi connectivity index (χ2v) is 5.09. The Morgan fingerprint density at radius 2 is 2.29 bits per heavy atom. The van der Waals surface area contributed by atoms with Crippen molar-refractivity contribution in [2.75, 3.05) is 6.54 Å². The first-order valence-electron chi connectivity index (χ1n) is 6.09. The van der Waals surface area contributed by atoms with Crippen molar-refractivity contribution in [3.05, 3.63) is 55.8 Å². The second-order valence-electron chi connectivity index (χ2n) is 4.37. The van der Waals surface area contributed by atoms with E-state index in [0.29, 0.717) is 6.42 Å². The number of nitrogens with zero attached hydrogens (tertiary/aromatic N) is 2. The Labute approximate surface area is 123 Å². The lowest BCUT2D eigenvalue weighted by atomic mass is 10.1. The molecule has 2 rings (SSSR count). The quantitative estimate of drug-likeness (QED) is 0.679. The van der Waals surface area contributed by atoms with Crippen molar-refractivity contribution in [2.45, 2.75) is 13.3 Å². The van der Waals surface area contributed by atoms with Gasteiger partial charge in [0.15, 0.2) is 0 Å². The average Bonchev–Trinajstić information content (AvgIpc) is 2.94. The monoisotopic (exact) mass is 309 g/mol. The van der Waals surface area contributed by atoms with Crippen LogP contribution in [0.25, 0.3) is 0 Å². The summed E-state index contributed by atoms with van der Waals surface area (Å²) in [7, 11) is 0. The fraction of sp³-hybridized carbons (Fsp3) is 0.231. The number of non-ortho nitro benzene ring substituents is 1. The molecule has 0 saturated heterocycles. The molecular weight excluding hydrogens is 297 g/mol. The number of benzene rings is 1. The summed E-state index contributed by atoms with van der Waals surface area (Å²) < 4.78 is 13.9. The van der Waals surface area contributed by atoms with E-state index >= 15 is 0 Å². The molecule has 0 saturated carbocycles. The van der Waals surface area contributed by atoms with E-state index < -0.39 is 16.6 Å². The highest BCUT2D eigenvalue weighted by molar-refractivity contribution is 7.07. The highest BCUT2D eigenvalue weighted by Gasteiger charge is 2.19. The number of hydrogen-bond donors (Lipinski definition) is 1. The normalized spacial score (nSPS) is 10.4. The van der Waals surface area contributed by atoms with Crippen LogP contribution < -0.4 is 5.32 Å². The van der Waals surface area contributed by atoms with Gasteiger partial charge in [0, 0.05) is 30.5 Å². The molecule has 0 aliphatic heterocycles. The molecule has 6 nitrogen and oxygen atoms in total. The van der Waals surface area contributed by atoms with Gasteiger partial charge in [-0.25, -0.2) is 9.37 Å². The smallest absolute Gasteiger partial charge is 0.270 e. The Morgan fingerprint density at radius 3 is 2.90 bits per heavy atom. The van der Waals surface area contributed by atoms with E-state index in [0.717, 1.165) is 17.8 Å². The summed E-state index contributed by atoms with van der Waals surface area (Å²) in [5, 5.41) is 15.1. The maximum Gasteiger partial charge on any atom is 0.270 e. The summed E-state index contributed by atoms with van der Waals surface area (Å²) in [5.74, 6) is -1.42. The Bertz CT molecular complexity index is 674. The molecule has 1 amide bonds. The van der Waals surface area contributed by atoms with Crippen LogP contribution >= 0.6 is 11.3 Å². The van der Waals surface area contributed by atoms with Crippen LogP contribution in [0.3, 0.4) is 0 Å². The van der Waals surface area contributed by atoms with Gasteiger partial charge in [-0.05, 0) is 12.5 Å². The van der Waals surface area contributed by atoms with Crippen molar-refractivity contribution >= 4 is 22.9 Å². The summed E-state index contributed by atoms with van der Waals surface area (Å²) in [6.45, 7) is 1.66. The number of aromatic nitrogens is 1. The molecule has 1 heterocycles. The zero-order chi connectivity index (χ0) is 15.4. The molecule has 0 spiro atoms. The van der Waals surface area contributed by atoms with Crippen molar-refractivity contribution in [1.82, 2.24) is 10.3 Å². The SMILES string of the molecule is Cc1cc([N+](=O)[O-])cc(C(=O)NCCc2cscn2)c1F. The minimum absolute atomic E-state index is 0.0638. The lowest BCUT2D eigenvalue weighted by molar-refractivity contribution is -0.385. The molecule has 0 unspecified atom stereocenters. The summed E-state index contributed by atoms with van der Waals surface area (Å²) in [5.41, 5.74) is 1.95. The average molecular weight is 309 g/mol. The van der Waals surface area contributed by atoms with Crippen LogP contribution in [0.1, 0.15) is 21.6 Å². The molecule has 21 heavy (non-hydrogen) atoms. The molecular formula is C13H12FN3O3S. The number of carbonyl (C=O) groups excluding carboxylic acids is 1. The second kappa shape index (κ2) is 6.40. The third kappa shape index (κ3) is 3.60. The molecule has 0 bridgehead atoms. The van der Waals surface area contributed by atoms with Crippen molar-refractivity contribution in [2.24, 2.45) is 0 Å². The zero-order valence-electron chi connectivity index (χ0n) is 11.1. The number of rotatable bonds is 5. The predicted molar refractivity (Wildman–Crippen MR) is 75.9 cm³/mol. The molecule has 0 aliphatic carbocycles. The molecule has 1 aromatic heterocycles. The van der Waals surface area contributed by atoms with Crippen LogP contribution in [0, 0.1) is 22.9 Å². The minimum Gasteiger partial charge on any atom is -0.352 e. The van der Waals surface area contributed by atoms with Gasteiger partial charge in [-0.15, -0.1) is 11.3 Å². The number of halogens is 1. The van der Waals surface area contributed by atoms with E-state index in [-0.39, 0.29) is 23.4 Å². The molecule has 8 heteroatoms. The van der Waals surface area contributed by atoms with Gasteiger partial charge in [-0.1, -0.05) is 0 Å². The lowest BCUT2D eigenvalue weighted by Gasteiger charge is -2.07. The van der Waals surface area contributed by atoms with Gasteiger partial charge in [-0.3, -0.25) is 14.9 Å². The molecule has 0 atom stereocenters. The van der Waals surface area contributed by atoms with Gasteiger partial charge in [0.1, 0.15) is 5.82 Å². The molecule has 1 N–H and O–H groups in total. The summed E-state index contributed by atoms with van der Waals surface area (Å²) in [6.07, 6.45) is 0.519. The van der Waals surface area contributed by atoms with E-state index in [1.54, 1.807) is 5.51 Å².